The number of aliphatic hydroxyl groups excluding tert-OH is 1. The second-order valence-electron chi connectivity index (χ2n) is 4.14. The van der Waals surface area contributed by atoms with E-state index >= 15 is 0 Å². The first-order valence-electron chi connectivity index (χ1n) is 5.53. The maximum Gasteiger partial charge on any atom is 0.274 e. The van der Waals surface area contributed by atoms with E-state index in [-0.39, 0.29) is 18.6 Å². The molecule has 3 N–H and O–H groups in total. The number of aliphatic hydroxyl groups is 1. The largest absolute Gasteiger partial charge is 0.392 e. The van der Waals surface area contributed by atoms with Gasteiger partial charge in [0.05, 0.1) is 12.6 Å². The molecule has 0 unspecified atom stereocenters. The zero-order chi connectivity index (χ0) is 12.3. The molecule has 1 atom stereocenters. The van der Waals surface area contributed by atoms with Crippen LogP contribution in [0.15, 0.2) is 18.3 Å². The standard InChI is InChI=1S/C11H15N3O3/c15-8-3-5-14(6-8)7-10(16)13-11(17)9-2-1-4-12-9/h1-2,4,8,12,15H,3,5-7H2,(H,13,16,17)/t8-/m1/s1. The van der Waals surface area contributed by atoms with Crippen molar-refractivity contribution >= 4 is 11.8 Å². The highest BCUT2D eigenvalue weighted by atomic mass is 16.3. The Balaban J connectivity index is 1.79. The fourth-order valence-electron chi connectivity index (χ4n) is 1.86. The number of aromatic nitrogens is 1. The third kappa shape index (κ3) is 3.15. The first-order valence-corrected chi connectivity index (χ1v) is 5.53. The van der Waals surface area contributed by atoms with Crippen LogP contribution >= 0.6 is 0 Å². The van der Waals surface area contributed by atoms with E-state index in [1.165, 1.54) is 0 Å². The van der Waals surface area contributed by atoms with Crippen molar-refractivity contribution in [1.82, 2.24) is 15.2 Å². The van der Waals surface area contributed by atoms with Gasteiger partial charge in [0, 0.05) is 19.3 Å². The molecule has 0 aliphatic carbocycles. The van der Waals surface area contributed by atoms with Crippen molar-refractivity contribution in [3.05, 3.63) is 24.0 Å². The van der Waals surface area contributed by atoms with Gasteiger partial charge in [-0.2, -0.15) is 0 Å². The van der Waals surface area contributed by atoms with Crippen LogP contribution in [0.4, 0.5) is 0 Å². The second kappa shape index (κ2) is 5.11. The Bertz CT molecular complexity index is 402. The molecule has 1 aromatic heterocycles. The van der Waals surface area contributed by atoms with E-state index in [1.54, 1.807) is 18.3 Å². The predicted octanol–water partition coefficient (Wildman–Crippen LogP) is -0.662. The van der Waals surface area contributed by atoms with E-state index in [0.717, 1.165) is 0 Å². The molecule has 6 nitrogen and oxygen atoms in total. The lowest BCUT2D eigenvalue weighted by Crippen LogP contribution is -2.39. The maximum atomic E-state index is 11.5. The lowest BCUT2D eigenvalue weighted by molar-refractivity contribution is -0.121. The smallest absolute Gasteiger partial charge is 0.274 e. The van der Waals surface area contributed by atoms with E-state index in [0.29, 0.717) is 25.2 Å². The average molecular weight is 237 g/mol. The van der Waals surface area contributed by atoms with Gasteiger partial charge in [0.2, 0.25) is 5.91 Å². The van der Waals surface area contributed by atoms with Crippen molar-refractivity contribution in [3.63, 3.8) is 0 Å². The average Bonchev–Trinajstić information content (AvgIpc) is 2.89. The van der Waals surface area contributed by atoms with Crippen LogP contribution in [0, 0.1) is 0 Å². The van der Waals surface area contributed by atoms with Gasteiger partial charge in [-0.3, -0.25) is 19.8 Å². The predicted molar refractivity (Wildman–Crippen MR) is 60.3 cm³/mol. The molecule has 17 heavy (non-hydrogen) atoms. The Morgan fingerprint density at radius 3 is 3.00 bits per heavy atom. The van der Waals surface area contributed by atoms with Crippen molar-refractivity contribution < 1.29 is 14.7 Å². The Kier molecular flexibility index (Phi) is 3.55. The molecule has 2 rings (SSSR count). The summed E-state index contributed by atoms with van der Waals surface area (Å²) in [5.74, 6) is -0.779. The van der Waals surface area contributed by atoms with E-state index < -0.39 is 5.91 Å². The lowest BCUT2D eigenvalue weighted by atomic mass is 10.3. The van der Waals surface area contributed by atoms with E-state index in [9.17, 15) is 14.7 Å². The highest BCUT2D eigenvalue weighted by Crippen LogP contribution is 2.07. The molecule has 0 spiro atoms. The summed E-state index contributed by atoms with van der Waals surface area (Å²) in [6, 6.07) is 3.29. The molecule has 0 saturated carbocycles. The van der Waals surface area contributed by atoms with Crippen molar-refractivity contribution in [1.29, 1.82) is 0 Å². The summed E-state index contributed by atoms with van der Waals surface area (Å²) >= 11 is 0. The monoisotopic (exact) mass is 237 g/mol. The number of β-amino-alcohol motifs (C(OH)–C–C–N with tert-alkyl or cyclic N) is 1. The fraction of sp³-hybridized carbons (Fsp3) is 0.455. The van der Waals surface area contributed by atoms with E-state index in [4.69, 9.17) is 0 Å². The van der Waals surface area contributed by atoms with Crippen molar-refractivity contribution in [2.45, 2.75) is 12.5 Å². The van der Waals surface area contributed by atoms with E-state index in [1.807, 2.05) is 4.90 Å². The van der Waals surface area contributed by atoms with Crippen LogP contribution in [-0.2, 0) is 4.79 Å². The number of likely N-dealkylation sites (tertiary alicyclic amines) is 1. The van der Waals surface area contributed by atoms with Crippen molar-refractivity contribution in [2.24, 2.45) is 0 Å². The highest BCUT2D eigenvalue weighted by molar-refractivity contribution is 6.04. The molecule has 6 heteroatoms. The number of aromatic amines is 1. The number of amides is 2. The Morgan fingerprint density at radius 1 is 1.59 bits per heavy atom. The maximum absolute atomic E-state index is 11.5. The topological polar surface area (TPSA) is 85.4 Å². The van der Waals surface area contributed by atoms with Crippen molar-refractivity contribution in [3.8, 4) is 0 Å². The number of carbonyl (C=O) groups excluding carboxylic acids is 2. The van der Waals surface area contributed by atoms with Crippen molar-refractivity contribution in [2.75, 3.05) is 19.6 Å². The number of nitrogens with one attached hydrogen (secondary N) is 2. The molecule has 1 aliphatic heterocycles. The summed E-state index contributed by atoms with van der Waals surface area (Å²) < 4.78 is 0. The summed E-state index contributed by atoms with van der Waals surface area (Å²) in [5, 5.41) is 11.6. The number of carbonyl (C=O) groups is 2. The first kappa shape index (κ1) is 11.8. The molecule has 0 bridgehead atoms. The number of nitrogens with zero attached hydrogens (tertiary/aromatic N) is 1. The molecule has 1 aliphatic rings. The molecule has 0 radical (unpaired) electrons. The molecule has 1 fully saturated rings. The number of hydrogen-bond acceptors (Lipinski definition) is 4. The number of hydrogen-bond donors (Lipinski definition) is 3. The van der Waals surface area contributed by atoms with Crippen LogP contribution in [0.2, 0.25) is 0 Å². The van der Waals surface area contributed by atoms with Gasteiger partial charge >= 0.3 is 0 Å². The zero-order valence-electron chi connectivity index (χ0n) is 9.35. The number of imide groups is 1. The molecular formula is C11H15N3O3. The minimum atomic E-state index is -0.431. The summed E-state index contributed by atoms with van der Waals surface area (Å²) in [6.07, 6.45) is 1.94. The summed E-state index contributed by atoms with van der Waals surface area (Å²) in [7, 11) is 0. The van der Waals surface area contributed by atoms with E-state index in [2.05, 4.69) is 10.3 Å². The van der Waals surface area contributed by atoms with Crippen LogP contribution in [0.3, 0.4) is 0 Å². The number of rotatable bonds is 3. The Hall–Kier alpha value is -1.66. The van der Waals surface area contributed by atoms with Gasteiger partial charge in [0.15, 0.2) is 0 Å². The highest BCUT2D eigenvalue weighted by Gasteiger charge is 2.22. The molecule has 1 aromatic rings. The summed E-state index contributed by atoms with van der Waals surface area (Å²) in [4.78, 5) is 27.6. The van der Waals surface area contributed by atoms with Crippen LogP contribution in [-0.4, -0.2) is 52.5 Å². The quantitative estimate of drug-likeness (QED) is 0.651. The van der Waals surface area contributed by atoms with Gasteiger partial charge in [-0.05, 0) is 18.6 Å². The van der Waals surface area contributed by atoms with Crippen LogP contribution in [0.1, 0.15) is 16.9 Å². The number of H-pyrrole nitrogens is 1. The Morgan fingerprint density at radius 2 is 2.41 bits per heavy atom. The summed E-state index contributed by atoms with van der Waals surface area (Å²) in [6.45, 7) is 1.32. The van der Waals surface area contributed by atoms with Gasteiger partial charge in [0.25, 0.3) is 5.91 Å². The third-order valence-electron chi connectivity index (χ3n) is 2.71. The molecule has 92 valence electrons. The first-order chi connectivity index (χ1) is 8.15. The minimum Gasteiger partial charge on any atom is -0.392 e. The lowest BCUT2D eigenvalue weighted by Gasteiger charge is -2.13. The van der Waals surface area contributed by atoms with Gasteiger partial charge in [-0.25, -0.2) is 0 Å². The molecule has 1 saturated heterocycles. The normalized spacial score (nSPS) is 20.4. The van der Waals surface area contributed by atoms with Crippen LogP contribution in [0.25, 0.3) is 0 Å². The van der Waals surface area contributed by atoms with Crippen LogP contribution in [0.5, 0.6) is 0 Å². The SMILES string of the molecule is O=C(CN1CC[C@@H](O)C1)NC(=O)c1ccc[nH]1. The van der Waals surface area contributed by atoms with Gasteiger partial charge < -0.3 is 10.1 Å². The molecule has 2 heterocycles. The third-order valence-corrected chi connectivity index (χ3v) is 2.71. The minimum absolute atomic E-state index is 0.142. The molecular weight excluding hydrogens is 222 g/mol. The Labute approximate surface area is 98.6 Å². The second-order valence-corrected chi connectivity index (χ2v) is 4.14. The van der Waals surface area contributed by atoms with Crippen LogP contribution < -0.4 is 5.32 Å². The molecule has 2 amide bonds. The zero-order valence-corrected chi connectivity index (χ0v) is 9.35. The summed E-state index contributed by atoms with van der Waals surface area (Å²) in [5.41, 5.74) is 0.361. The van der Waals surface area contributed by atoms with Gasteiger partial charge in [0.1, 0.15) is 5.69 Å². The molecule has 0 aromatic carbocycles. The van der Waals surface area contributed by atoms with Gasteiger partial charge in [-0.1, -0.05) is 0 Å². The van der Waals surface area contributed by atoms with Gasteiger partial charge in [-0.15, -0.1) is 0 Å². The fourth-order valence-corrected chi connectivity index (χ4v) is 1.86.